The molecular weight excluding hydrogens is 222 g/mol. The minimum absolute atomic E-state index is 0.203. The Labute approximate surface area is 101 Å². The predicted molar refractivity (Wildman–Crippen MR) is 65.6 cm³/mol. The number of carbonyl (C=O) groups excluding carboxylic acids is 1. The molecule has 0 aliphatic carbocycles. The Kier molecular flexibility index (Phi) is 3.83. The topological polar surface area (TPSA) is 20.3 Å². The van der Waals surface area contributed by atoms with Crippen molar-refractivity contribution in [2.24, 2.45) is 0 Å². The first kappa shape index (κ1) is 11.5. The van der Waals surface area contributed by atoms with Gasteiger partial charge in [0.15, 0.2) is 0 Å². The van der Waals surface area contributed by atoms with Crippen LogP contribution in [0.4, 0.5) is 0 Å². The number of hydrogen-bond donors (Lipinski definition) is 0. The zero-order valence-electron chi connectivity index (χ0n) is 9.23. The van der Waals surface area contributed by atoms with Crippen molar-refractivity contribution in [3.8, 4) is 0 Å². The summed E-state index contributed by atoms with van der Waals surface area (Å²) in [5.41, 5.74) is 1.08. The fourth-order valence-corrected chi connectivity index (χ4v) is 2.52. The molecule has 16 heavy (non-hydrogen) atoms. The quantitative estimate of drug-likeness (QED) is 0.740. The summed E-state index contributed by atoms with van der Waals surface area (Å²) in [5.74, 6) is 0.759. The van der Waals surface area contributed by atoms with Crippen LogP contribution in [0.3, 0.4) is 0 Å². The molecule has 1 fully saturated rings. The number of benzene rings is 1. The zero-order valence-corrected chi connectivity index (χ0v) is 9.99. The molecule has 3 heteroatoms. The standard InChI is InChI=1S/C13H16ClNO/c14-10-12-7-4-8-15(12)13(16)9-11-5-2-1-3-6-11/h1-3,5-6,12H,4,7-10H2/t12-/m0/s1. The lowest BCUT2D eigenvalue weighted by Gasteiger charge is -2.22. The average Bonchev–Trinajstić information content (AvgIpc) is 2.78. The van der Waals surface area contributed by atoms with E-state index in [1.54, 1.807) is 0 Å². The van der Waals surface area contributed by atoms with Crippen LogP contribution in [0.25, 0.3) is 0 Å². The Morgan fingerprint density at radius 1 is 1.38 bits per heavy atom. The molecule has 0 spiro atoms. The van der Waals surface area contributed by atoms with Gasteiger partial charge in [-0.25, -0.2) is 0 Å². The highest BCUT2D eigenvalue weighted by atomic mass is 35.5. The van der Waals surface area contributed by atoms with Gasteiger partial charge in [0.05, 0.1) is 6.42 Å². The lowest BCUT2D eigenvalue weighted by molar-refractivity contribution is -0.130. The van der Waals surface area contributed by atoms with Crippen LogP contribution in [0.2, 0.25) is 0 Å². The molecule has 0 unspecified atom stereocenters. The SMILES string of the molecule is O=C(Cc1ccccc1)N1CCC[C@H]1CCl. The zero-order chi connectivity index (χ0) is 11.4. The first-order valence-electron chi connectivity index (χ1n) is 5.70. The molecule has 1 atom stereocenters. The van der Waals surface area contributed by atoms with E-state index in [9.17, 15) is 4.79 Å². The van der Waals surface area contributed by atoms with Crippen molar-refractivity contribution < 1.29 is 4.79 Å². The minimum atomic E-state index is 0.203. The maximum absolute atomic E-state index is 12.1. The maximum atomic E-state index is 12.1. The van der Waals surface area contributed by atoms with Gasteiger partial charge in [-0.05, 0) is 18.4 Å². The molecule has 1 aliphatic rings. The molecule has 0 radical (unpaired) electrons. The molecule has 2 rings (SSSR count). The summed E-state index contributed by atoms with van der Waals surface area (Å²) in [4.78, 5) is 14.0. The summed E-state index contributed by atoms with van der Waals surface area (Å²) < 4.78 is 0. The molecule has 0 saturated carbocycles. The fourth-order valence-electron chi connectivity index (χ4n) is 2.20. The number of carbonyl (C=O) groups is 1. The van der Waals surface area contributed by atoms with Gasteiger partial charge in [0.25, 0.3) is 0 Å². The summed E-state index contributed by atoms with van der Waals surface area (Å²) in [6, 6.07) is 10.1. The van der Waals surface area contributed by atoms with E-state index in [1.807, 2.05) is 35.2 Å². The number of halogens is 1. The van der Waals surface area contributed by atoms with Crippen LogP contribution < -0.4 is 0 Å². The second-order valence-electron chi connectivity index (χ2n) is 4.20. The molecule has 1 aromatic rings. The normalized spacial score (nSPS) is 20.1. The number of nitrogens with zero attached hydrogens (tertiary/aromatic N) is 1. The summed E-state index contributed by atoms with van der Waals surface area (Å²) in [7, 11) is 0. The third-order valence-corrected chi connectivity index (χ3v) is 3.43. The fraction of sp³-hybridized carbons (Fsp3) is 0.462. The molecule has 1 amide bonds. The molecule has 86 valence electrons. The summed E-state index contributed by atoms with van der Waals surface area (Å²) in [6.07, 6.45) is 2.62. The number of amides is 1. The van der Waals surface area contributed by atoms with Crippen molar-refractivity contribution >= 4 is 17.5 Å². The minimum Gasteiger partial charge on any atom is -0.338 e. The van der Waals surface area contributed by atoms with Gasteiger partial charge in [-0.3, -0.25) is 4.79 Å². The first-order valence-corrected chi connectivity index (χ1v) is 6.24. The van der Waals surface area contributed by atoms with Crippen LogP contribution >= 0.6 is 11.6 Å². The number of rotatable bonds is 3. The largest absolute Gasteiger partial charge is 0.338 e. The van der Waals surface area contributed by atoms with Crippen LogP contribution in [0.15, 0.2) is 30.3 Å². The Morgan fingerprint density at radius 2 is 2.12 bits per heavy atom. The number of alkyl halides is 1. The lowest BCUT2D eigenvalue weighted by atomic mass is 10.1. The molecule has 1 saturated heterocycles. The van der Waals surface area contributed by atoms with Crippen molar-refractivity contribution in [2.45, 2.75) is 25.3 Å². The van der Waals surface area contributed by atoms with Gasteiger partial charge in [-0.15, -0.1) is 11.6 Å². The van der Waals surface area contributed by atoms with Crippen molar-refractivity contribution in [1.82, 2.24) is 4.90 Å². The third kappa shape index (κ3) is 2.56. The molecule has 1 aromatic carbocycles. The van der Waals surface area contributed by atoms with Crippen LogP contribution in [0.5, 0.6) is 0 Å². The highest BCUT2D eigenvalue weighted by molar-refractivity contribution is 6.18. The van der Waals surface area contributed by atoms with Gasteiger partial charge < -0.3 is 4.90 Å². The molecule has 0 bridgehead atoms. The Balaban J connectivity index is 1.98. The van der Waals surface area contributed by atoms with E-state index in [2.05, 4.69) is 0 Å². The molecule has 1 aliphatic heterocycles. The van der Waals surface area contributed by atoms with E-state index in [1.165, 1.54) is 0 Å². The van der Waals surface area contributed by atoms with Crippen molar-refractivity contribution in [3.05, 3.63) is 35.9 Å². The van der Waals surface area contributed by atoms with Gasteiger partial charge in [0, 0.05) is 18.5 Å². The van der Waals surface area contributed by atoms with E-state index < -0.39 is 0 Å². The van der Waals surface area contributed by atoms with E-state index in [4.69, 9.17) is 11.6 Å². The van der Waals surface area contributed by atoms with E-state index in [0.29, 0.717) is 12.3 Å². The summed E-state index contributed by atoms with van der Waals surface area (Å²) in [5, 5.41) is 0. The highest BCUT2D eigenvalue weighted by Crippen LogP contribution is 2.19. The van der Waals surface area contributed by atoms with E-state index in [0.717, 1.165) is 24.9 Å². The molecular formula is C13H16ClNO. The van der Waals surface area contributed by atoms with Gasteiger partial charge in [-0.2, -0.15) is 0 Å². The maximum Gasteiger partial charge on any atom is 0.227 e. The van der Waals surface area contributed by atoms with Crippen LogP contribution in [-0.4, -0.2) is 29.3 Å². The number of likely N-dealkylation sites (tertiary alicyclic amines) is 1. The molecule has 2 nitrogen and oxygen atoms in total. The Hall–Kier alpha value is -1.02. The van der Waals surface area contributed by atoms with Crippen LogP contribution in [0, 0.1) is 0 Å². The van der Waals surface area contributed by atoms with Crippen molar-refractivity contribution in [3.63, 3.8) is 0 Å². The second-order valence-corrected chi connectivity index (χ2v) is 4.51. The smallest absolute Gasteiger partial charge is 0.227 e. The Bertz CT molecular complexity index is 352. The first-order chi connectivity index (χ1) is 7.81. The van der Waals surface area contributed by atoms with Gasteiger partial charge in [-0.1, -0.05) is 30.3 Å². The lowest BCUT2D eigenvalue weighted by Crippen LogP contribution is -2.37. The molecule has 1 heterocycles. The predicted octanol–water partition coefficient (Wildman–Crippen LogP) is 2.46. The average molecular weight is 238 g/mol. The molecule has 0 N–H and O–H groups in total. The van der Waals surface area contributed by atoms with Crippen molar-refractivity contribution in [2.75, 3.05) is 12.4 Å². The second kappa shape index (κ2) is 5.35. The Morgan fingerprint density at radius 3 is 2.81 bits per heavy atom. The van der Waals surface area contributed by atoms with Crippen LogP contribution in [-0.2, 0) is 11.2 Å². The summed E-state index contributed by atoms with van der Waals surface area (Å²) >= 11 is 5.86. The highest BCUT2D eigenvalue weighted by Gasteiger charge is 2.27. The monoisotopic (exact) mass is 237 g/mol. The van der Waals surface area contributed by atoms with E-state index >= 15 is 0 Å². The van der Waals surface area contributed by atoms with Crippen LogP contribution in [0.1, 0.15) is 18.4 Å². The third-order valence-electron chi connectivity index (χ3n) is 3.07. The molecule has 0 aromatic heterocycles. The van der Waals surface area contributed by atoms with E-state index in [-0.39, 0.29) is 11.9 Å². The van der Waals surface area contributed by atoms with Gasteiger partial charge >= 0.3 is 0 Å². The van der Waals surface area contributed by atoms with Gasteiger partial charge in [0.1, 0.15) is 0 Å². The van der Waals surface area contributed by atoms with Crippen molar-refractivity contribution in [1.29, 1.82) is 0 Å². The van der Waals surface area contributed by atoms with Gasteiger partial charge in [0.2, 0.25) is 5.91 Å². The number of hydrogen-bond acceptors (Lipinski definition) is 1. The summed E-state index contributed by atoms with van der Waals surface area (Å²) in [6.45, 7) is 0.864.